The zero-order chi connectivity index (χ0) is 16.8. The maximum Gasteiger partial charge on any atom is 0.162 e. The number of nitrogens with zero attached hydrogens (tertiary/aromatic N) is 1. The fourth-order valence-corrected chi connectivity index (χ4v) is 3.60. The van der Waals surface area contributed by atoms with E-state index in [4.69, 9.17) is 0 Å². The van der Waals surface area contributed by atoms with Crippen molar-refractivity contribution in [2.75, 3.05) is 0 Å². The minimum atomic E-state index is -0.476. The third-order valence-electron chi connectivity index (χ3n) is 4.54. The summed E-state index contributed by atoms with van der Waals surface area (Å²) in [6.45, 7) is 5.96. The highest BCUT2D eigenvalue weighted by atomic mass is 19.1. The molecule has 1 atom stereocenters. The van der Waals surface area contributed by atoms with Gasteiger partial charge in [-0.3, -0.25) is 4.79 Å². The van der Waals surface area contributed by atoms with E-state index in [-0.39, 0.29) is 17.0 Å². The van der Waals surface area contributed by atoms with Gasteiger partial charge in [0.15, 0.2) is 5.78 Å². The number of allylic oxidation sites excluding steroid dienone is 4. The van der Waals surface area contributed by atoms with Gasteiger partial charge in [-0.05, 0) is 36.5 Å². The topological polar surface area (TPSA) is 52.9 Å². The minimum Gasteiger partial charge on any atom is -0.361 e. The van der Waals surface area contributed by atoms with Crippen LogP contribution in [0.5, 0.6) is 0 Å². The third kappa shape index (κ3) is 2.68. The van der Waals surface area contributed by atoms with E-state index in [9.17, 15) is 14.4 Å². The van der Waals surface area contributed by atoms with Crippen LogP contribution in [0, 0.1) is 22.6 Å². The molecule has 3 rings (SSSR count). The highest BCUT2D eigenvalue weighted by molar-refractivity contribution is 6.00. The van der Waals surface area contributed by atoms with Crippen LogP contribution in [0.3, 0.4) is 0 Å². The highest BCUT2D eigenvalue weighted by Crippen LogP contribution is 2.46. The fraction of sp³-hybridized carbons (Fsp3) is 0.368. The van der Waals surface area contributed by atoms with Crippen molar-refractivity contribution in [2.45, 2.75) is 39.5 Å². The number of carbonyl (C=O) groups is 1. The number of carbonyl (C=O) groups excluding carboxylic acids is 1. The van der Waals surface area contributed by atoms with Crippen LogP contribution < -0.4 is 5.32 Å². The number of rotatable bonds is 1. The van der Waals surface area contributed by atoms with Crippen LogP contribution in [0.15, 0.2) is 46.8 Å². The zero-order valence-corrected chi connectivity index (χ0v) is 13.5. The van der Waals surface area contributed by atoms with E-state index in [1.54, 1.807) is 12.1 Å². The number of ketones is 1. The Labute approximate surface area is 135 Å². The van der Waals surface area contributed by atoms with Crippen molar-refractivity contribution in [3.05, 3.63) is 58.2 Å². The van der Waals surface area contributed by atoms with Crippen LogP contribution in [0.4, 0.5) is 4.39 Å². The smallest absolute Gasteiger partial charge is 0.162 e. The van der Waals surface area contributed by atoms with Gasteiger partial charge < -0.3 is 5.32 Å². The number of benzene rings is 1. The van der Waals surface area contributed by atoms with Crippen molar-refractivity contribution >= 4 is 5.78 Å². The van der Waals surface area contributed by atoms with Gasteiger partial charge in [0, 0.05) is 23.4 Å². The van der Waals surface area contributed by atoms with E-state index in [1.807, 2.05) is 6.92 Å². The Morgan fingerprint density at radius 2 is 2.09 bits per heavy atom. The Hall–Kier alpha value is -2.41. The Morgan fingerprint density at radius 1 is 1.35 bits per heavy atom. The quantitative estimate of drug-likeness (QED) is 0.854. The summed E-state index contributed by atoms with van der Waals surface area (Å²) >= 11 is 0. The molecular formula is C19H19FN2O. The molecule has 2 aliphatic rings. The first kappa shape index (κ1) is 15.5. The normalized spacial score (nSPS) is 23.3. The van der Waals surface area contributed by atoms with Gasteiger partial charge >= 0.3 is 0 Å². The van der Waals surface area contributed by atoms with Crippen LogP contribution in [-0.4, -0.2) is 5.78 Å². The molecule has 0 fully saturated rings. The van der Waals surface area contributed by atoms with Crippen LogP contribution in [-0.2, 0) is 4.79 Å². The molecule has 0 saturated heterocycles. The van der Waals surface area contributed by atoms with Crippen molar-refractivity contribution in [1.82, 2.24) is 5.32 Å². The molecule has 1 aromatic rings. The molecular weight excluding hydrogens is 291 g/mol. The van der Waals surface area contributed by atoms with E-state index in [2.05, 4.69) is 25.2 Å². The first-order valence-electron chi connectivity index (χ1n) is 7.72. The molecule has 23 heavy (non-hydrogen) atoms. The summed E-state index contributed by atoms with van der Waals surface area (Å²) in [5, 5.41) is 12.8. The number of halogens is 1. The Kier molecular flexibility index (Phi) is 3.60. The Bertz CT molecular complexity index is 796. The second-order valence-corrected chi connectivity index (χ2v) is 7.10. The maximum atomic E-state index is 13.7. The predicted molar refractivity (Wildman–Crippen MR) is 85.6 cm³/mol. The number of Topliss-reactive ketones (excluding diaryl/α,β-unsaturated/α-hetero) is 1. The molecule has 1 aromatic carbocycles. The lowest BCUT2D eigenvalue weighted by atomic mass is 9.69. The van der Waals surface area contributed by atoms with Crippen molar-refractivity contribution in [3.63, 3.8) is 0 Å². The van der Waals surface area contributed by atoms with Crippen LogP contribution >= 0.6 is 0 Å². The number of nitriles is 1. The number of dihydropyridines is 1. The highest BCUT2D eigenvalue weighted by Gasteiger charge is 2.41. The molecule has 4 heteroatoms. The summed E-state index contributed by atoms with van der Waals surface area (Å²) in [6, 6.07) is 8.39. The van der Waals surface area contributed by atoms with Gasteiger partial charge in [0.05, 0.1) is 17.6 Å². The minimum absolute atomic E-state index is 0.0401. The van der Waals surface area contributed by atoms with Gasteiger partial charge in [-0.15, -0.1) is 0 Å². The fourth-order valence-electron chi connectivity index (χ4n) is 3.60. The molecule has 118 valence electrons. The molecule has 1 N–H and O–H groups in total. The van der Waals surface area contributed by atoms with Crippen molar-refractivity contribution in [1.29, 1.82) is 5.26 Å². The lowest BCUT2D eigenvalue weighted by Gasteiger charge is -2.38. The van der Waals surface area contributed by atoms with E-state index < -0.39 is 5.92 Å². The van der Waals surface area contributed by atoms with E-state index in [0.717, 1.165) is 17.8 Å². The predicted octanol–water partition coefficient (Wildman–Crippen LogP) is 3.95. The standard InChI is InChI=1S/C19H19FN2O/c1-11-14(10-21)17(12-5-4-6-13(20)7-12)18-15(22-11)8-19(2,3)9-16(18)23/h4-7,17,22H,8-9H2,1-3H3/t17-/m1/s1. The summed E-state index contributed by atoms with van der Waals surface area (Å²) in [4.78, 5) is 12.8. The first-order chi connectivity index (χ1) is 10.8. The van der Waals surface area contributed by atoms with Crippen LogP contribution in [0.1, 0.15) is 45.1 Å². The van der Waals surface area contributed by atoms with Gasteiger partial charge in [0.1, 0.15) is 5.82 Å². The molecule has 0 aromatic heterocycles. The largest absolute Gasteiger partial charge is 0.361 e. The van der Waals surface area contributed by atoms with Gasteiger partial charge in [0.25, 0.3) is 0 Å². The van der Waals surface area contributed by atoms with E-state index in [1.165, 1.54) is 12.1 Å². The van der Waals surface area contributed by atoms with Crippen molar-refractivity contribution in [3.8, 4) is 6.07 Å². The molecule has 0 spiro atoms. The van der Waals surface area contributed by atoms with Gasteiger partial charge in [-0.1, -0.05) is 26.0 Å². The lowest BCUT2D eigenvalue weighted by Crippen LogP contribution is -2.36. The molecule has 0 unspecified atom stereocenters. The van der Waals surface area contributed by atoms with E-state index in [0.29, 0.717) is 23.1 Å². The molecule has 0 radical (unpaired) electrons. The third-order valence-corrected chi connectivity index (χ3v) is 4.54. The molecule has 0 saturated carbocycles. The maximum absolute atomic E-state index is 13.7. The molecule has 1 heterocycles. The van der Waals surface area contributed by atoms with Gasteiger partial charge in [0.2, 0.25) is 0 Å². The Morgan fingerprint density at radius 3 is 2.74 bits per heavy atom. The van der Waals surface area contributed by atoms with E-state index >= 15 is 0 Å². The molecule has 1 aliphatic carbocycles. The average molecular weight is 310 g/mol. The van der Waals surface area contributed by atoms with Gasteiger partial charge in [-0.2, -0.15) is 5.26 Å². The summed E-state index contributed by atoms with van der Waals surface area (Å²) in [6.07, 6.45) is 1.19. The SMILES string of the molecule is CC1=C(C#N)[C@@H](c2cccc(F)c2)C2=C(CC(C)(C)CC2=O)N1. The molecule has 0 bridgehead atoms. The summed E-state index contributed by atoms with van der Waals surface area (Å²) < 4.78 is 13.7. The molecule has 1 aliphatic heterocycles. The average Bonchev–Trinajstić information content (AvgIpc) is 2.44. The molecule has 3 nitrogen and oxygen atoms in total. The monoisotopic (exact) mass is 310 g/mol. The second kappa shape index (κ2) is 5.34. The van der Waals surface area contributed by atoms with Crippen LogP contribution in [0.25, 0.3) is 0 Å². The second-order valence-electron chi connectivity index (χ2n) is 7.10. The van der Waals surface area contributed by atoms with Gasteiger partial charge in [-0.25, -0.2) is 4.39 Å². The number of hydrogen-bond acceptors (Lipinski definition) is 3. The summed E-state index contributed by atoms with van der Waals surface area (Å²) in [5.74, 6) is -0.796. The number of nitrogens with one attached hydrogen (secondary N) is 1. The lowest BCUT2D eigenvalue weighted by molar-refractivity contribution is -0.118. The first-order valence-corrected chi connectivity index (χ1v) is 7.72. The summed E-state index contributed by atoms with van der Waals surface area (Å²) in [5.41, 5.74) is 3.27. The Balaban J connectivity index is 2.19. The zero-order valence-electron chi connectivity index (χ0n) is 13.5. The number of hydrogen-bond donors (Lipinski definition) is 1. The molecule has 0 amide bonds. The van der Waals surface area contributed by atoms with Crippen molar-refractivity contribution < 1.29 is 9.18 Å². The van der Waals surface area contributed by atoms with Crippen LogP contribution in [0.2, 0.25) is 0 Å². The summed E-state index contributed by atoms with van der Waals surface area (Å²) in [7, 11) is 0. The van der Waals surface area contributed by atoms with Crippen molar-refractivity contribution in [2.24, 2.45) is 5.41 Å².